The molecule has 2 rings (SSSR count). The number of benzene rings is 1. The summed E-state index contributed by atoms with van der Waals surface area (Å²) in [4.78, 5) is 13.8. The Morgan fingerprint density at radius 1 is 1.28 bits per heavy atom. The van der Waals surface area contributed by atoms with Crippen LogP contribution in [0.1, 0.15) is 6.42 Å². The Morgan fingerprint density at radius 3 is 2.56 bits per heavy atom. The standard InChI is InChI=1S/C13H18BrN3O/c14-6-5-13(18)16-11-1-3-12(4-2-11)17-9-7-15-8-10-17/h1-4,15H,5-10H2,(H,16,18). The van der Waals surface area contributed by atoms with E-state index in [-0.39, 0.29) is 5.91 Å². The smallest absolute Gasteiger partial charge is 0.225 e. The van der Waals surface area contributed by atoms with Crippen LogP contribution in [0, 0.1) is 0 Å². The van der Waals surface area contributed by atoms with Crippen molar-refractivity contribution in [2.75, 3.05) is 41.7 Å². The van der Waals surface area contributed by atoms with Gasteiger partial charge in [-0.3, -0.25) is 4.79 Å². The van der Waals surface area contributed by atoms with Crippen LogP contribution in [-0.4, -0.2) is 37.4 Å². The highest BCUT2D eigenvalue weighted by Crippen LogP contribution is 2.18. The van der Waals surface area contributed by atoms with Crippen molar-refractivity contribution >= 4 is 33.2 Å². The van der Waals surface area contributed by atoms with Crippen LogP contribution in [0.15, 0.2) is 24.3 Å². The minimum absolute atomic E-state index is 0.0433. The molecule has 18 heavy (non-hydrogen) atoms. The molecule has 0 bridgehead atoms. The summed E-state index contributed by atoms with van der Waals surface area (Å²) in [7, 11) is 0. The third-order valence-corrected chi connectivity index (χ3v) is 3.35. The highest BCUT2D eigenvalue weighted by molar-refractivity contribution is 9.09. The summed E-state index contributed by atoms with van der Waals surface area (Å²) in [5, 5.41) is 6.90. The van der Waals surface area contributed by atoms with Crippen LogP contribution < -0.4 is 15.5 Å². The fourth-order valence-electron chi connectivity index (χ4n) is 1.99. The second-order valence-corrected chi connectivity index (χ2v) is 5.06. The van der Waals surface area contributed by atoms with E-state index in [1.165, 1.54) is 5.69 Å². The molecule has 1 aliphatic heterocycles. The van der Waals surface area contributed by atoms with E-state index in [0.29, 0.717) is 11.8 Å². The average molecular weight is 312 g/mol. The fraction of sp³-hybridized carbons (Fsp3) is 0.462. The summed E-state index contributed by atoms with van der Waals surface area (Å²) in [6.45, 7) is 4.14. The molecule has 0 aliphatic carbocycles. The lowest BCUT2D eigenvalue weighted by Crippen LogP contribution is -2.43. The Hall–Kier alpha value is -1.07. The Kier molecular flexibility index (Phi) is 5.01. The molecule has 1 fully saturated rings. The first kappa shape index (κ1) is 13.4. The topological polar surface area (TPSA) is 44.4 Å². The van der Waals surface area contributed by atoms with Gasteiger partial charge in [-0.15, -0.1) is 0 Å². The third-order valence-electron chi connectivity index (χ3n) is 2.95. The molecule has 4 nitrogen and oxygen atoms in total. The number of carbonyl (C=O) groups is 1. The van der Waals surface area contributed by atoms with Crippen LogP contribution in [0.4, 0.5) is 11.4 Å². The van der Waals surface area contributed by atoms with Gasteiger partial charge in [0.1, 0.15) is 0 Å². The third kappa shape index (κ3) is 3.71. The number of nitrogens with zero attached hydrogens (tertiary/aromatic N) is 1. The van der Waals surface area contributed by atoms with E-state index in [2.05, 4.69) is 43.6 Å². The van der Waals surface area contributed by atoms with E-state index in [1.807, 2.05) is 12.1 Å². The minimum atomic E-state index is 0.0433. The van der Waals surface area contributed by atoms with E-state index in [9.17, 15) is 4.79 Å². The first-order valence-corrected chi connectivity index (χ1v) is 7.33. The number of carbonyl (C=O) groups excluding carboxylic acids is 1. The predicted octanol–water partition coefficient (Wildman–Crippen LogP) is 1.82. The molecule has 0 aromatic heterocycles. The van der Waals surface area contributed by atoms with E-state index in [4.69, 9.17) is 0 Å². The molecule has 2 N–H and O–H groups in total. The molecule has 1 amide bonds. The number of hydrogen-bond acceptors (Lipinski definition) is 3. The zero-order chi connectivity index (χ0) is 12.8. The van der Waals surface area contributed by atoms with Gasteiger partial charge < -0.3 is 15.5 Å². The summed E-state index contributed by atoms with van der Waals surface area (Å²) in [6, 6.07) is 8.05. The summed E-state index contributed by atoms with van der Waals surface area (Å²) in [5.74, 6) is 0.0433. The minimum Gasteiger partial charge on any atom is -0.369 e. The van der Waals surface area contributed by atoms with Gasteiger partial charge >= 0.3 is 0 Å². The van der Waals surface area contributed by atoms with Crippen molar-refractivity contribution in [3.05, 3.63) is 24.3 Å². The lowest BCUT2D eigenvalue weighted by molar-refractivity contribution is -0.115. The van der Waals surface area contributed by atoms with Crippen LogP contribution in [0.3, 0.4) is 0 Å². The fourth-order valence-corrected chi connectivity index (χ4v) is 2.35. The lowest BCUT2D eigenvalue weighted by atomic mass is 10.2. The zero-order valence-electron chi connectivity index (χ0n) is 10.3. The molecular formula is C13H18BrN3O. The summed E-state index contributed by atoms with van der Waals surface area (Å²) in [5.41, 5.74) is 2.08. The van der Waals surface area contributed by atoms with Crippen molar-refractivity contribution in [2.45, 2.75) is 6.42 Å². The van der Waals surface area contributed by atoms with Crippen molar-refractivity contribution in [3.8, 4) is 0 Å². The average Bonchev–Trinajstić information content (AvgIpc) is 2.41. The Labute approximate surface area is 116 Å². The van der Waals surface area contributed by atoms with Crippen molar-refractivity contribution < 1.29 is 4.79 Å². The molecule has 0 saturated carbocycles. The van der Waals surface area contributed by atoms with Crippen molar-refractivity contribution in [3.63, 3.8) is 0 Å². The Bertz CT molecular complexity index is 388. The monoisotopic (exact) mass is 311 g/mol. The zero-order valence-corrected chi connectivity index (χ0v) is 11.9. The molecule has 1 aromatic rings. The summed E-state index contributed by atoms with van der Waals surface area (Å²) >= 11 is 3.25. The number of piperazine rings is 1. The van der Waals surface area contributed by atoms with E-state index < -0.39 is 0 Å². The van der Waals surface area contributed by atoms with Crippen molar-refractivity contribution in [2.24, 2.45) is 0 Å². The number of alkyl halides is 1. The molecule has 1 aliphatic rings. The summed E-state index contributed by atoms with van der Waals surface area (Å²) in [6.07, 6.45) is 0.500. The highest BCUT2D eigenvalue weighted by Gasteiger charge is 2.10. The number of halogens is 1. The molecule has 0 atom stereocenters. The van der Waals surface area contributed by atoms with Crippen LogP contribution >= 0.6 is 15.9 Å². The normalized spacial score (nSPS) is 15.5. The van der Waals surface area contributed by atoms with E-state index in [1.54, 1.807) is 0 Å². The first-order chi connectivity index (χ1) is 8.79. The van der Waals surface area contributed by atoms with Crippen LogP contribution in [0.2, 0.25) is 0 Å². The Balaban J connectivity index is 1.94. The Morgan fingerprint density at radius 2 is 1.94 bits per heavy atom. The largest absolute Gasteiger partial charge is 0.369 e. The van der Waals surface area contributed by atoms with E-state index >= 15 is 0 Å². The van der Waals surface area contributed by atoms with Gasteiger partial charge in [-0.1, -0.05) is 15.9 Å². The maximum absolute atomic E-state index is 11.4. The van der Waals surface area contributed by atoms with Crippen LogP contribution in [-0.2, 0) is 4.79 Å². The number of rotatable bonds is 4. The highest BCUT2D eigenvalue weighted by atomic mass is 79.9. The van der Waals surface area contributed by atoms with Gasteiger partial charge in [0.15, 0.2) is 0 Å². The van der Waals surface area contributed by atoms with Gasteiger partial charge in [0.2, 0.25) is 5.91 Å². The van der Waals surface area contributed by atoms with Crippen molar-refractivity contribution in [1.82, 2.24) is 5.32 Å². The number of hydrogen-bond donors (Lipinski definition) is 2. The molecule has 1 saturated heterocycles. The maximum atomic E-state index is 11.4. The molecule has 0 spiro atoms. The quantitative estimate of drug-likeness (QED) is 0.834. The van der Waals surface area contributed by atoms with Gasteiger partial charge in [-0.25, -0.2) is 0 Å². The summed E-state index contributed by atoms with van der Waals surface area (Å²) < 4.78 is 0. The van der Waals surface area contributed by atoms with Crippen LogP contribution in [0.5, 0.6) is 0 Å². The molecule has 98 valence electrons. The van der Waals surface area contributed by atoms with Gasteiger partial charge in [0, 0.05) is 49.3 Å². The maximum Gasteiger partial charge on any atom is 0.225 e. The molecular weight excluding hydrogens is 294 g/mol. The second kappa shape index (κ2) is 6.75. The SMILES string of the molecule is O=C(CCBr)Nc1ccc(N2CCNCC2)cc1. The number of amides is 1. The molecule has 5 heteroatoms. The van der Waals surface area contributed by atoms with Gasteiger partial charge in [0.25, 0.3) is 0 Å². The molecule has 1 heterocycles. The number of nitrogens with one attached hydrogen (secondary N) is 2. The van der Waals surface area contributed by atoms with Crippen LogP contribution in [0.25, 0.3) is 0 Å². The molecule has 0 unspecified atom stereocenters. The molecule has 1 aromatic carbocycles. The van der Waals surface area contributed by atoms with Gasteiger partial charge in [0.05, 0.1) is 0 Å². The molecule has 0 radical (unpaired) electrons. The number of anilines is 2. The second-order valence-electron chi connectivity index (χ2n) is 4.27. The van der Waals surface area contributed by atoms with Crippen molar-refractivity contribution in [1.29, 1.82) is 0 Å². The van der Waals surface area contributed by atoms with E-state index in [0.717, 1.165) is 31.9 Å². The van der Waals surface area contributed by atoms with Gasteiger partial charge in [-0.05, 0) is 24.3 Å². The lowest BCUT2D eigenvalue weighted by Gasteiger charge is -2.29. The predicted molar refractivity (Wildman–Crippen MR) is 78.6 cm³/mol. The first-order valence-electron chi connectivity index (χ1n) is 6.21. The van der Waals surface area contributed by atoms with Gasteiger partial charge in [-0.2, -0.15) is 0 Å².